The summed E-state index contributed by atoms with van der Waals surface area (Å²) in [7, 11) is 3.09. The van der Waals surface area contributed by atoms with Crippen molar-refractivity contribution in [2.45, 2.75) is 36.6 Å². The van der Waals surface area contributed by atoms with E-state index in [-0.39, 0.29) is 17.2 Å². The van der Waals surface area contributed by atoms with E-state index in [4.69, 9.17) is 4.74 Å². The Labute approximate surface area is 221 Å². The van der Waals surface area contributed by atoms with Crippen LogP contribution in [0.4, 0.5) is 0 Å². The molecule has 37 heavy (non-hydrogen) atoms. The Morgan fingerprint density at radius 2 is 1.76 bits per heavy atom. The van der Waals surface area contributed by atoms with Crippen LogP contribution >= 0.6 is 11.3 Å². The predicted octanol–water partition coefficient (Wildman–Crippen LogP) is 5.68. The number of fused-ring (bicyclic) bond motifs is 2. The Morgan fingerprint density at radius 3 is 2.51 bits per heavy atom. The molecular weight excluding hydrogens is 504 g/mol. The number of rotatable bonds is 7. The molecule has 1 unspecified atom stereocenters. The molecule has 0 saturated carbocycles. The third-order valence-corrected chi connectivity index (χ3v) is 9.31. The van der Waals surface area contributed by atoms with Gasteiger partial charge in [-0.25, -0.2) is 4.79 Å². The van der Waals surface area contributed by atoms with E-state index in [0.717, 1.165) is 25.8 Å². The molecule has 0 aliphatic rings. The number of thiophene rings is 1. The van der Waals surface area contributed by atoms with Gasteiger partial charge in [0.15, 0.2) is 4.90 Å². The maximum atomic E-state index is 13.6. The van der Waals surface area contributed by atoms with Crippen LogP contribution in [0, 0.1) is 5.92 Å². The highest BCUT2D eigenvalue weighted by atomic mass is 32.2. The quantitative estimate of drug-likeness (QED) is 0.273. The highest BCUT2D eigenvalue weighted by Crippen LogP contribution is 2.38. The minimum absolute atomic E-state index is 0.205. The summed E-state index contributed by atoms with van der Waals surface area (Å²) in [6.45, 7) is 4.57. The van der Waals surface area contributed by atoms with E-state index >= 15 is 0 Å². The summed E-state index contributed by atoms with van der Waals surface area (Å²) in [5, 5.41) is 2.67. The lowest BCUT2D eigenvalue weighted by molar-refractivity contribution is 0.413. The fourth-order valence-corrected chi connectivity index (χ4v) is 7.63. The van der Waals surface area contributed by atoms with Gasteiger partial charge in [0.25, 0.3) is 5.56 Å². The van der Waals surface area contributed by atoms with Crippen LogP contribution in [0.1, 0.15) is 24.3 Å². The van der Waals surface area contributed by atoms with Gasteiger partial charge in [-0.05, 0) is 34.4 Å². The molecule has 2 heterocycles. The molecule has 0 aliphatic heterocycles. The molecular formula is C29H29N2O4S2+. The lowest BCUT2D eigenvalue weighted by Gasteiger charge is -2.11. The van der Waals surface area contributed by atoms with Crippen LogP contribution in [0.3, 0.4) is 0 Å². The van der Waals surface area contributed by atoms with E-state index in [1.165, 1.54) is 18.4 Å². The molecule has 6 nitrogen and oxygen atoms in total. The summed E-state index contributed by atoms with van der Waals surface area (Å²) in [5.41, 5.74) is 0.378. The highest BCUT2D eigenvalue weighted by Gasteiger charge is 2.36. The van der Waals surface area contributed by atoms with Crippen LogP contribution in [0.15, 0.2) is 86.1 Å². The molecule has 5 rings (SSSR count). The van der Waals surface area contributed by atoms with Gasteiger partial charge in [-0.15, -0.1) is 11.3 Å². The molecule has 3 aromatic carbocycles. The number of methoxy groups -OCH3 is 1. The normalized spacial score (nSPS) is 12.5. The summed E-state index contributed by atoms with van der Waals surface area (Å²) in [6.07, 6.45) is 0.531. The smallest absolute Gasteiger partial charge is 0.331 e. The fourth-order valence-electron chi connectivity index (χ4n) is 4.66. The van der Waals surface area contributed by atoms with Crippen molar-refractivity contribution in [3.05, 3.63) is 98.0 Å². The summed E-state index contributed by atoms with van der Waals surface area (Å²) >= 11 is 0.0157. The van der Waals surface area contributed by atoms with Crippen LogP contribution in [-0.4, -0.2) is 20.8 Å². The van der Waals surface area contributed by atoms with Gasteiger partial charge in [0.1, 0.15) is 16.0 Å². The van der Waals surface area contributed by atoms with E-state index in [2.05, 4.69) is 24.3 Å². The van der Waals surface area contributed by atoms with Gasteiger partial charge in [-0.3, -0.25) is 13.9 Å². The minimum atomic E-state index is -1.42. The second-order valence-electron chi connectivity index (χ2n) is 9.46. The summed E-state index contributed by atoms with van der Waals surface area (Å²) in [5.74, 6) is 0.833. The second-order valence-corrected chi connectivity index (χ2v) is 12.0. The Kier molecular flexibility index (Phi) is 6.98. The average Bonchev–Trinajstić information content (AvgIpc) is 3.28. The SMILES string of the molecule is COc1cccc([S+](O)c2c(Cc3cccc4ccccc34)sc3c2c(=O)n(C)c(=O)n3CC(C)C)c1. The maximum absolute atomic E-state index is 13.6. The first-order chi connectivity index (χ1) is 17.8. The zero-order valence-electron chi connectivity index (χ0n) is 21.2. The van der Waals surface area contributed by atoms with E-state index in [0.29, 0.717) is 38.7 Å². The average molecular weight is 534 g/mol. The van der Waals surface area contributed by atoms with Crippen LogP contribution in [-0.2, 0) is 31.2 Å². The summed E-state index contributed by atoms with van der Waals surface area (Å²) in [6, 6.07) is 21.7. The van der Waals surface area contributed by atoms with Crippen LogP contribution in [0.5, 0.6) is 5.75 Å². The van der Waals surface area contributed by atoms with Gasteiger partial charge in [0, 0.05) is 26.1 Å². The molecule has 1 N–H and O–H groups in total. The van der Waals surface area contributed by atoms with Crippen molar-refractivity contribution in [2.24, 2.45) is 13.0 Å². The molecule has 0 amide bonds. The second kappa shape index (κ2) is 10.2. The molecule has 1 atom stereocenters. The number of benzene rings is 3. The highest BCUT2D eigenvalue weighted by molar-refractivity contribution is 7.92. The van der Waals surface area contributed by atoms with E-state index in [1.54, 1.807) is 17.7 Å². The van der Waals surface area contributed by atoms with E-state index in [1.807, 2.05) is 50.2 Å². The van der Waals surface area contributed by atoms with Crippen molar-refractivity contribution in [3.8, 4) is 5.75 Å². The van der Waals surface area contributed by atoms with Crippen LogP contribution in [0.2, 0.25) is 0 Å². The first-order valence-corrected chi connectivity index (χ1v) is 14.1. The van der Waals surface area contributed by atoms with Crippen molar-refractivity contribution in [1.29, 1.82) is 0 Å². The number of hydrogen-bond donors (Lipinski definition) is 1. The largest absolute Gasteiger partial charge is 0.497 e. The topological polar surface area (TPSA) is 73.5 Å². The van der Waals surface area contributed by atoms with Gasteiger partial charge in [-0.1, -0.05) is 62.4 Å². The lowest BCUT2D eigenvalue weighted by atomic mass is 10.0. The zero-order valence-corrected chi connectivity index (χ0v) is 22.9. The molecule has 2 aromatic heterocycles. The molecule has 0 spiro atoms. The maximum Gasteiger partial charge on any atom is 0.331 e. The van der Waals surface area contributed by atoms with Crippen molar-refractivity contribution < 1.29 is 9.29 Å². The Hall–Kier alpha value is -3.33. The molecule has 0 radical (unpaired) electrons. The van der Waals surface area contributed by atoms with Gasteiger partial charge in [0.2, 0.25) is 16.1 Å². The fraction of sp³-hybridized carbons (Fsp3) is 0.241. The molecule has 0 bridgehead atoms. The molecule has 0 saturated heterocycles. The van der Waals surface area contributed by atoms with Crippen LogP contribution < -0.4 is 16.0 Å². The van der Waals surface area contributed by atoms with Crippen molar-refractivity contribution in [3.63, 3.8) is 0 Å². The molecule has 8 heteroatoms. The van der Waals surface area contributed by atoms with Crippen LogP contribution in [0.25, 0.3) is 21.0 Å². The number of nitrogens with zero attached hydrogens (tertiary/aromatic N) is 2. The lowest BCUT2D eigenvalue weighted by Crippen LogP contribution is -2.38. The molecule has 0 aliphatic carbocycles. The predicted molar refractivity (Wildman–Crippen MR) is 152 cm³/mol. The zero-order chi connectivity index (χ0) is 26.3. The first kappa shape index (κ1) is 25.3. The molecule has 0 fully saturated rings. The van der Waals surface area contributed by atoms with Gasteiger partial charge in [0.05, 0.1) is 12.0 Å². The molecule has 190 valence electrons. The van der Waals surface area contributed by atoms with E-state index in [9.17, 15) is 14.1 Å². The van der Waals surface area contributed by atoms with Gasteiger partial charge >= 0.3 is 5.69 Å². The summed E-state index contributed by atoms with van der Waals surface area (Å²) in [4.78, 5) is 29.5. The first-order valence-electron chi connectivity index (χ1n) is 12.1. The Morgan fingerprint density at radius 1 is 1.03 bits per heavy atom. The van der Waals surface area contributed by atoms with E-state index < -0.39 is 11.2 Å². The third kappa shape index (κ3) is 4.61. The number of hydrogen-bond acceptors (Lipinski definition) is 5. The number of aromatic nitrogens is 2. The van der Waals surface area contributed by atoms with Crippen molar-refractivity contribution in [2.75, 3.05) is 7.11 Å². The standard InChI is InChI=1S/C29H29N2O4S2/c1-18(2)17-31-28-25(27(32)30(3)29(31)33)26(37(34)22-13-8-12-21(16-22)35-4)24(36-28)15-20-11-7-10-19-9-5-6-14-23(19)20/h5-14,16,18,34H,15,17H2,1-4H3/q+1. The Balaban J connectivity index is 1.81. The molecule has 5 aromatic rings. The Bertz CT molecular complexity index is 1730. The minimum Gasteiger partial charge on any atom is -0.497 e. The van der Waals surface area contributed by atoms with Gasteiger partial charge in [-0.2, -0.15) is 4.55 Å². The van der Waals surface area contributed by atoms with Gasteiger partial charge < -0.3 is 4.74 Å². The van der Waals surface area contributed by atoms with Crippen molar-refractivity contribution in [1.82, 2.24) is 9.13 Å². The third-order valence-electron chi connectivity index (χ3n) is 6.43. The monoisotopic (exact) mass is 533 g/mol. The summed E-state index contributed by atoms with van der Waals surface area (Å²) < 4.78 is 20.0. The number of ether oxygens (including phenoxy) is 1. The van der Waals surface area contributed by atoms with Crippen molar-refractivity contribution >= 4 is 43.5 Å².